The molecule has 7 heteroatoms. The zero-order chi connectivity index (χ0) is 18.2. The topological polar surface area (TPSA) is 70.2 Å². The van der Waals surface area contributed by atoms with Crippen LogP contribution in [-0.2, 0) is 0 Å². The number of anilines is 1. The first-order valence-electron chi connectivity index (χ1n) is 8.44. The molecule has 0 aliphatic carbocycles. The normalized spacial score (nSPS) is 10.3. The molecule has 2 rings (SSSR count). The van der Waals surface area contributed by atoms with E-state index < -0.39 is 0 Å². The maximum absolute atomic E-state index is 12.4. The van der Waals surface area contributed by atoms with Crippen molar-refractivity contribution in [1.82, 2.24) is 10.6 Å². The van der Waals surface area contributed by atoms with E-state index in [2.05, 4.69) is 29.8 Å². The molecule has 0 fully saturated rings. The van der Waals surface area contributed by atoms with Gasteiger partial charge in [-0.15, -0.1) is 23.7 Å². The maximum Gasteiger partial charge on any atom is 0.256 e. The molecule has 0 saturated carbocycles. The van der Waals surface area contributed by atoms with Gasteiger partial charge in [-0.1, -0.05) is 26.0 Å². The number of nitrogens with one attached hydrogen (secondary N) is 3. The molecule has 26 heavy (non-hydrogen) atoms. The second-order valence-corrected chi connectivity index (χ2v) is 7.02. The lowest BCUT2D eigenvalue weighted by atomic mass is 10.0. The molecule has 1 heterocycles. The van der Waals surface area contributed by atoms with E-state index in [1.165, 1.54) is 16.9 Å². The first-order chi connectivity index (χ1) is 12.0. The van der Waals surface area contributed by atoms with Crippen LogP contribution in [0, 0.1) is 0 Å². The highest BCUT2D eigenvalue weighted by Gasteiger charge is 2.15. The third-order valence-electron chi connectivity index (χ3n) is 3.87. The summed E-state index contributed by atoms with van der Waals surface area (Å²) in [5, 5.41) is 11.1. The minimum Gasteiger partial charge on any atom is -0.352 e. The molecule has 0 saturated heterocycles. The molecule has 2 amide bonds. The largest absolute Gasteiger partial charge is 0.352 e. The lowest BCUT2D eigenvalue weighted by molar-refractivity contribution is 0.0954. The number of halogens is 1. The summed E-state index contributed by atoms with van der Waals surface area (Å²) in [5.41, 5.74) is 2.27. The Labute approximate surface area is 165 Å². The van der Waals surface area contributed by atoms with E-state index in [-0.39, 0.29) is 24.2 Å². The second kappa shape index (κ2) is 11.0. The van der Waals surface area contributed by atoms with Crippen molar-refractivity contribution in [3.05, 3.63) is 52.4 Å². The highest BCUT2D eigenvalue weighted by molar-refractivity contribution is 7.14. The van der Waals surface area contributed by atoms with Crippen molar-refractivity contribution in [1.29, 1.82) is 0 Å². The summed E-state index contributed by atoms with van der Waals surface area (Å²) in [7, 11) is 1.88. The SMILES string of the molecule is CNCCCNC(=O)c1ccsc1NC(=O)c1ccc(C(C)C)cc1.Cl. The monoisotopic (exact) mass is 395 g/mol. The van der Waals surface area contributed by atoms with Crippen LogP contribution in [0.3, 0.4) is 0 Å². The molecule has 0 aliphatic heterocycles. The number of carbonyl (C=O) groups excluding carboxylic acids is 2. The second-order valence-electron chi connectivity index (χ2n) is 6.11. The van der Waals surface area contributed by atoms with E-state index in [9.17, 15) is 9.59 Å². The lowest BCUT2D eigenvalue weighted by Gasteiger charge is -2.09. The fourth-order valence-electron chi connectivity index (χ4n) is 2.34. The van der Waals surface area contributed by atoms with Crippen LogP contribution in [0.25, 0.3) is 0 Å². The summed E-state index contributed by atoms with van der Waals surface area (Å²) < 4.78 is 0. The summed E-state index contributed by atoms with van der Waals surface area (Å²) in [6.45, 7) is 5.67. The number of thiophene rings is 1. The van der Waals surface area contributed by atoms with Gasteiger partial charge < -0.3 is 16.0 Å². The summed E-state index contributed by atoms with van der Waals surface area (Å²) in [6, 6.07) is 9.29. The predicted octanol–water partition coefficient (Wildman–Crippen LogP) is 3.88. The molecule has 0 atom stereocenters. The number of amides is 2. The van der Waals surface area contributed by atoms with Crippen molar-refractivity contribution in [3.63, 3.8) is 0 Å². The Morgan fingerprint density at radius 1 is 1.04 bits per heavy atom. The van der Waals surface area contributed by atoms with Crippen molar-refractivity contribution in [3.8, 4) is 0 Å². The van der Waals surface area contributed by atoms with Crippen LogP contribution in [0.5, 0.6) is 0 Å². The van der Waals surface area contributed by atoms with Gasteiger partial charge in [0.25, 0.3) is 11.8 Å². The molecule has 0 spiro atoms. The minimum atomic E-state index is -0.206. The quantitative estimate of drug-likeness (QED) is 0.594. The summed E-state index contributed by atoms with van der Waals surface area (Å²) >= 11 is 1.35. The van der Waals surface area contributed by atoms with E-state index in [4.69, 9.17) is 0 Å². The number of hydrogen-bond donors (Lipinski definition) is 3. The molecule has 3 N–H and O–H groups in total. The van der Waals surface area contributed by atoms with E-state index in [0.29, 0.717) is 28.6 Å². The van der Waals surface area contributed by atoms with Crippen molar-refractivity contribution < 1.29 is 9.59 Å². The van der Waals surface area contributed by atoms with Crippen molar-refractivity contribution in [2.75, 3.05) is 25.5 Å². The van der Waals surface area contributed by atoms with Crippen LogP contribution in [0.15, 0.2) is 35.7 Å². The van der Waals surface area contributed by atoms with Gasteiger partial charge in [0.2, 0.25) is 0 Å². The Kier molecular flexibility index (Phi) is 9.34. The first-order valence-corrected chi connectivity index (χ1v) is 9.32. The summed E-state index contributed by atoms with van der Waals surface area (Å²) in [5.74, 6) is 0.0532. The van der Waals surface area contributed by atoms with Crippen LogP contribution in [0.4, 0.5) is 5.00 Å². The first kappa shape index (κ1) is 22.2. The molecule has 1 aromatic heterocycles. The van der Waals surface area contributed by atoms with E-state index >= 15 is 0 Å². The number of hydrogen-bond acceptors (Lipinski definition) is 4. The Bertz CT molecular complexity index is 714. The van der Waals surface area contributed by atoms with Crippen molar-refractivity contribution in [2.45, 2.75) is 26.2 Å². The Morgan fingerprint density at radius 2 is 1.73 bits per heavy atom. The van der Waals surface area contributed by atoms with Crippen LogP contribution in [-0.4, -0.2) is 32.0 Å². The zero-order valence-electron chi connectivity index (χ0n) is 15.3. The molecule has 0 unspecified atom stereocenters. The zero-order valence-corrected chi connectivity index (χ0v) is 16.9. The van der Waals surface area contributed by atoms with Crippen LogP contribution >= 0.6 is 23.7 Å². The summed E-state index contributed by atoms with van der Waals surface area (Å²) in [6.07, 6.45) is 0.857. The predicted molar refractivity (Wildman–Crippen MR) is 111 cm³/mol. The number of benzene rings is 1. The molecule has 142 valence electrons. The van der Waals surface area contributed by atoms with Gasteiger partial charge in [0, 0.05) is 12.1 Å². The van der Waals surface area contributed by atoms with E-state index in [1.54, 1.807) is 11.4 Å². The standard InChI is InChI=1S/C19H25N3O2S.ClH/c1-13(2)14-5-7-15(8-6-14)17(23)22-19-16(9-12-25-19)18(24)21-11-4-10-20-3;/h5-9,12-13,20H,4,10-11H2,1-3H3,(H,21,24)(H,22,23);1H. The van der Waals surface area contributed by atoms with Crippen molar-refractivity contribution >= 4 is 40.6 Å². The van der Waals surface area contributed by atoms with E-state index in [1.807, 2.05) is 31.3 Å². The van der Waals surface area contributed by atoms with Gasteiger partial charge in [0.05, 0.1) is 5.56 Å². The molecular weight excluding hydrogens is 370 g/mol. The van der Waals surface area contributed by atoms with Crippen LogP contribution < -0.4 is 16.0 Å². The Morgan fingerprint density at radius 3 is 2.35 bits per heavy atom. The van der Waals surface area contributed by atoms with Gasteiger partial charge in [-0.2, -0.15) is 0 Å². The third kappa shape index (κ3) is 6.12. The highest BCUT2D eigenvalue weighted by Crippen LogP contribution is 2.24. The van der Waals surface area contributed by atoms with Gasteiger partial charge in [-0.05, 0) is 55.1 Å². The Hall–Kier alpha value is -1.89. The Balaban J connectivity index is 0.00000338. The lowest BCUT2D eigenvalue weighted by Crippen LogP contribution is -2.27. The van der Waals surface area contributed by atoms with Gasteiger partial charge in [-0.3, -0.25) is 9.59 Å². The van der Waals surface area contributed by atoms with Gasteiger partial charge >= 0.3 is 0 Å². The molecule has 5 nitrogen and oxygen atoms in total. The number of carbonyl (C=O) groups is 2. The fourth-order valence-corrected chi connectivity index (χ4v) is 3.12. The fraction of sp³-hybridized carbons (Fsp3) is 0.368. The average molecular weight is 396 g/mol. The molecule has 0 radical (unpaired) electrons. The average Bonchev–Trinajstić information content (AvgIpc) is 3.06. The van der Waals surface area contributed by atoms with Crippen LogP contribution in [0.1, 0.15) is 52.5 Å². The molecule has 0 aliphatic rings. The molecule has 0 bridgehead atoms. The molecule has 1 aromatic carbocycles. The van der Waals surface area contributed by atoms with Crippen molar-refractivity contribution in [2.24, 2.45) is 0 Å². The molecule has 2 aromatic rings. The van der Waals surface area contributed by atoms with E-state index in [0.717, 1.165) is 13.0 Å². The highest BCUT2D eigenvalue weighted by atomic mass is 35.5. The number of rotatable bonds is 8. The van der Waals surface area contributed by atoms with Crippen LogP contribution in [0.2, 0.25) is 0 Å². The van der Waals surface area contributed by atoms with Gasteiger partial charge in [-0.25, -0.2) is 0 Å². The smallest absolute Gasteiger partial charge is 0.256 e. The third-order valence-corrected chi connectivity index (χ3v) is 4.70. The van der Waals surface area contributed by atoms with Gasteiger partial charge in [0.15, 0.2) is 0 Å². The maximum atomic E-state index is 12.4. The summed E-state index contributed by atoms with van der Waals surface area (Å²) in [4.78, 5) is 24.7. The van der Waals surface area contributed by atoms with Gasteiger partial charge in [0.1, 0.15) is 5.00 Å². The minimum absolute atomic E-state index is 0. The molecular formula is C19H26ClN3O2S.